The van der Waals surface area contributed by atoms with E-state index in [2.05, 4.69) is 22.9 Å². The molecule has 0 unspecified atom stereocenters. The van der Waals surface area contributed by atoms with Crippen molar-refractivity contribution in [3.63, 3.8) is 0 Å². The molecule has 2 amide bonds. The van der Waals surface area contributed by atoms with Crippen LogP contribution in [0, 0.1) is 0 Å². The second-order valence-corrected chi connectivity index (χ2v) is 7.13. The summed E-state index contributed by atoms with van der Waals surface area (Å²) in [6.07, 6.45) is 2.84. The van der Waals surface area contributed by atoms with Crippen molar-refractivity contribution >= 4 is 24.2 Å². The van der Waals surface area contributed by atoms with Crippen LogP contribution in [-0.4, -0.2) is 55.0 Å². The van der Waals surface area contributed by atoms with Gasteiger partial charge in [0.05, 0.1) is 25.3 Å². The standard InChI is InChI=1S/C23H28N4O3.ClH/c1-26(14-12-19-8-4-2-5-9-19)23(29)18-27-17-20(16-24-27)25-22(28)13-15-30-21-10-6-3-7-11-21;/h2-11,17,24H,12-16,18H2,1H3,(H,25,28);1H. The summed E-state index contributed by atoms with van der Waals surface area (Å²) in [4.78, 5) is 26.3. The minimum atomic E-state index is -0.118. The first kappa shape index (κ1) is 24.2. The fourth-order valence-electron chi connectivity index (χ4n) is 3.00. The van der Waals surface area contributed by atoms with E-state index in [-0.39, 0.29) is 37.2 Å². The van der Waals surface area contributed by atoms with E-state index in [1.807, 2.05) is 48.5 Å². The van der Waals surface area contributed by atoms with Crippen molar-refractivity contribution in [3.8, 4) is 5.75 Å². The minimum absolute atomic E-state index is 0. The van der Waals surface area contributed by atoms with Gasteiger partial charge in [-0.15, -0.1) is 12.4 Å². The van der Waals surface area contributed by atoms with Gasteiger partial charge in [0.15, 0.2) is 0 Å². The molecule has 1 aliphatic heterocycles. The van der Waals surface area contributed by atoms with E-state index in [1.165, 1.54) is 5.56 Å². The number of carbonyl (C=O) groups is 2. The fourth-order valence-corrected chi connectivity index (χ4v) is 3.00. The first-order valence-electron chi connectivity index (χ1n) is 10.1. The molecule has 2 N–H and O–H groups in total. The highest BCUT2D eigenvalue weighted by Crippen LogP contribution is 2.09. The second kappa shape index (κ2) is 12.6. The van der Waals surface area contributed by atoms with Crippen molar-refractivity contribution < 1.29 is 14.3 Å². The highest BCUT2D eigenvalue weighted by Gasteiger charge is 2.18. The molecule has 0 saturated carbocycles. The van der Waals surface area contributed by atoms with Gasteiger partial charge in [-0.3, -0.25) is 9.59 Å². The molecule has 166 valence electrons. The van der Waals surface area contributed by atoms with E-state index in [4.69, 9.17) is 4.74 Å². The highest BCUT2D eigenvalue weighted by atomic mass is 35.5. The molecule has 2 aromatic rings. The van der Waals surface area contributed by atoms with Crippen molar-refractivity contribution in [2.45, 2.75) is 12.8 Å². The maximum atomic E-state index is 12.4. The monoisotopic (exact) mass is 444 g/mol. The lowest BCUT2D eigenvalue weighted by Crippen LogP contribution is -2.41. The zero-order chi connectivity index (χ0) is 21.2. The molecule has 3 rings (SSSR count). The van der Waals surface area contributed by atoms with Crippen LogP contribution in [0.2, 0.25) is 0 Å². The Morgan fingerprint density at radius 1 is 1.10 bits per heavy atom. The number of likely N-dealkylation sites (N-methyl/N-ethyl adjacent to an activating group) is 1. The number of amides is 2. The third-order valence-electron chi connectivity index (χ3n) is 4.74. The number of nitrogens with one attached hydrogen (secondary N) is 2. The molecule has 1 heterocycles. The van der Waals surface area contributed by atoms with E-state index >= 15 is 0 Å². The lowest BCUT2D eigenvalue weighted by Gasteiger charge is -2.21. The molecule has 0 saturated heterocycles. The van der Waals surface area contributed by atoms with Gasteiger partial charge in [-0.05, 0) is 24.1 Å². The number of para-hydroxylation sites is 1. The van der Waals surface area contributed by atoms with Crippen molar-refractivity contribution in [1.82, 2.24) is 20.7 Å². The van der Waals surface area contributed by atoms with Gasteiger partial charge in [0, 0.05) is 19.8 Å². The van der Waals surface area contributed by atoms with Crippen LogP contribution >= 0.6 is 12.4 Å². The first-order chi connectivity index (χ1) is 14.6. The molecular formula is C23H29ClN4O3. The molecule has 8 heteroatoms. The van der Waals surface area contributed by atoms with Crippen LogP contribution in [0.15, 0.2) is 72.6 Å². The molecule has 1 aliphatic rings. The van der Waals surface area contributed by atoms with E-state index in [0.29, 0.717) is 19.7 Å². The number of benzene rings is 2. The maximum Gasteiger partial charge on any atom is 0.243 e. The third-order valence-corrected chi connectivity index (χ3v) is 4.74. The predicted octanol–water partition coefficient (Wildman–Crippen LogP) is 2.36. The molecule has 7 nitrogen and oxygen atoms in total. The number of nitrogens with zero attached hydrogens (tertiary/aromatic N) is 2. The van der Waals surface area contributed by atoms with E-state index < -0.39 is 0 Å². The van der Waals surface area contributed by atoms with Gasteiger partial charge in [-0.1, -0.05) is 48.5 Å². The Hall–Kier alpha value is -3.03. The average molecular weight is 445 g/mol. The first-order valence-corrected chi connectivity index (χ1v) is 10.1. The lowest BCUT2D eigenvalue weighted by atomic mass is 10.1. The second-order valence-electron chi connectivity index (χ2n) is 7.13. The summed E-state index contributed by atoms with van der Waals surface area (Å²) in [5.74, 6) is 0.638. The average Bonchev–Trinajstić information content (AvgIpc) is 3.20. The van der Waals surface area contributed by atoms with Gasteiger partial charge < -0.3 is 20.0 Å². The summed E-state index contributed by atoms with van der Waals surface area (Å²) in [6, 6.07) is 19.5. The summed E-state index contributed by atoms with van der Waals surface area (Å²) >= 11 is 0. The van der Waals surface area contributed by atoms with Crippen LogP contribution in [0.25, 0.3) is 0 Å². The number of ether oxygens (including phenoxy) is 1. The number of rotatable bonds is 10. The molecule has 31 heavy (non-hydrogen) atoms. The molecule has 2 aromatic carbocycles. The van der Waals surface area contributed by atoms with Gasteiger partial charge in [0.25, 0.3) is 0 Å². The molecule has 0 radical (unpaired) electrons. The summed E-state index contributed by atoms with van der Waals surface area (Å²) in [7, 11) is 1.81. The molecule has 0 bridgehead atoms. The SMILES string of the molecule is CN(CCc1ccccc1)C(=O)CN1C=C(NC(=O)CCOc2ccccc2)CN1.Cl. The zero-order valence-corrected chi connectivity index (χ0v) is 18.4. The number of hydrazine groups is 1. The molecular weight excluding hydrogens is 416 g/mol. The molecule has 0 fully saturated rings. The van der Waals surface area contributed by atoms with E-state index in [1.54, 1.807) is 23.2 Å². The van der Waals surface area contributed by atoms with E-state index in [9.17, 15) is 9.59 Å². The van der Waals surface area contributed by atoms with Crippen LogP contribution in [0.4, 0.5) is 0 Å². The van der Waals surface area contributed by atoms with Crippen molar-refractivity contribution in [2.24, 2.45) is 0 Å². The Bertz CT molecular complexity index is 862. The number of hydrogen-bond acceptors (Lipinski definition) is 5. The molecule has 0 aromatic heterocycles. The van der Waals surface area contributed by atoms with Crippen LogP contribution in [-0.2, 0) is 16.0 Å². The normalized spacial score (nSPS) is 12.5. The van der Waals surface area contributed by atoms with Crippen molar-refractivity contribution in [1.29, 1.82) is 0 Å². The zero-order valence-electron chi connectivity index (χ0n) is 17.6. The fraction of sp³-hybridized carbons (Fsp3) is 0.304. The van der Waals surface area contributed by atoms with Crippen LogP contribution in [0.3, 0.4) is 0 Å². The largest absolute Gasteiger partial charge is 0.493 e. The Morgan fingerprint density at radius 3 is 2.48 bits per heavy atom. The summed E-state index contributed by atoms with van der Waals surface area (Å²) in [6.45, 7) is 1.66. The van der Waals surface area contributed by atoms with Crippen LogP contribution in [0.1, 0.15) is 12.0 Å². The Kier molecular flexibility index (Phi) is 9.87. The third kappa shape index (κ3) is 8.32. The number of carbonyl (C=O) groups excluding carboxylic acids is 2. The maximum absolute atomic E-state index is 12.4. The van der Waals surface area contributed by atoms with Gasteiger partial charge in [-0.25, -0.2) is 5.43 Å². The van der Waals surface area contributed by atoms with E-state index in [0.717, 1.165) is 17.9 Å². The molecule has 0 spiro atoms. The quantitative estimate of drug-likeness (QED) is 0.588. The predicted molar refractivity (Wildman–Crippen MR) is 123 cm³/mol. The summed E-state index contributed by atoms with van der Waals surface area (Å²) < 4.78 is 5.54. The van der Waals surface area contributed by atoms with Gasteiger partial charge in [0.2, 0.25) is 11.8 Å². The Balaban J connectivity index is 0.00000341. The van der Waals surface area contributed by atoms with Gasteiger partial charge in [0.1, 0.15) is 12.3 Å². The lowest BCUT2D eigenvalue weighted by molar-refractivity contribution is -0.131. The molecule has 0 aliphatic carbocycles. The van der Waals surface area contributed by atoms with Crippen LogP contribution in [0.5, 0.6) is 5.75 Å². The minimum Gasteiger partial charge on any atom is -0.493 e. The van der Waals surface area contributed by atoms with Gasteiger partial charge >= 0.3 is 0 Å². The van der Waals surface area contributed by atoms with Crippen LogP contribution < -0.4 is 15.5 Å². The summed E-state index contributed by atoms with van der Waals surface area (Å²) in [5.41, 5.74) is 5.04. The molecule has 0 atom stereocenters. The van der Waals surface area contributed by atoms with Gasteiger partial charge in [-0.2, -0.15) is 0 Å². The summed E-state index contributed by atoms with van der Waals surface area (Å²) in [5, 5.41) is 4.56. The smallest absolute Gasteiger partial charge is 0.243 e. The Labute approximate surface area is 189 Å². The number of halogens is 1. The topological polar surface area (TPSA) is 73.9 Å². The van der Waals surface area contributed by atoms with Crippen molar-refractivity contribution in [2.75, 3.05) is 33.3 Å². The Morgan fingerprint density at radius 2 is 1.77 bits per heavy atom. The van der Waals surface area contributed by atoms with Crippen molar-refractivity contribution in [3.05, 3.63) is 78.1 Å². The number of hydrogen-bond donors (Lipinski definition) is 2. The highest BCUT2D eigenvalue weighted by molar-refractivity contribution is 5.85.